The van der Waals surface area contributed by atoms with E-state index < -0.39 is 0 Å². The summed E-state index contributed by atoms with van der Waals surface area (Å²) in [5.41, 5.74) is 2.65. The Balaban J connectivity index is 0.000000461. The van der Waals surface area contributed by atoms with E-state index >= 15 is 0 Å². The molecule has 72 valence electrons. The SMILES string of the molecule is C=O.Cc1ccc2cc(C)ccc2c1. The normalized spacial score (nSPS) is 9.29. The van der Waals surface area contributed by atoms with Crippen LogP contribution < -0.4 is 0 Å². The second-order valence-corrected chi connectivity index (χ2v) is 3.35. The van der Waals surface area contributed by atoms with Gasteiger partial charge in [0.1, 0.15) is 6.79 Å². The zero-order valence-corrected chi connectivity index (χ0v) is 8.58. The number of carbonyl (C=O) groups is 1. The van der Waals surface area contributed by atoms with E-state index in [1.165, 1.54) is 21.9 Å². The predicted molar refractivity (Wildman–Crippen MR) is 60.5 cm³/mol. The fourth-order valence-corrected chi connectivity index (χ4v) is 1.48. The van der Waals surface area contributed by atoms with E-state index in [0.29, 0.717) is 0 Å². The molecule has 2 aromatic carbocycles. The molecule has 1 heteroatoms. The van der Waals surface area contributed by atoms with Gasteiger partial charge in [0, 0.05) is 0 Å². The van der Waals surface area contributed by atoms with E-state index in [9.17, 15) is 0 Å². The maximum absolute atomic E-state index is 8.00. The molecule has 0 amide bonds. The van der Waals surface area contributed by atoms with Gasteiger partial charge < -0.3 is 4.79 Å². The highest BCUT2D eigenvalue weighted by molar-refractivity contribution is 5.83. The first-order chi connectivity index (χ1) is 6.75. The molecule has 0 spiro atoms. The van der Waals surface area contributed by atoms with Crippen LogP contribution >= 0.6 is 0 Å². The topological polar surface area (TPSA) is 17.1 Å². The van der Waals surface area contributed by atoms with Gasteiger partial charge in [0.05, 0.1) is 0 Å². The standard InChI is InChI=1S/C12H12.CH2O/c1-9-3-5-12-8-10(2)4-6-11(12)7-9;1-2/h3-8H,1-2H3;1H2. The molecule has 0 aliphatic rings. The Morgan fingerprint density at radius 3 is 1.50 bits per heavy atom. The zero-order valence-electron chi connectivity index (χ0n) is 8.58. The van der Waals surface area contributed by atoms with Gasteiger partial charge in [-0.3, -0.25) is 0 Å². The first-order valence-corrected chi connectivity index (χ1v) is 4.51. The Hall–Kier alpha value is -1.63. The van der Waals surface area contributed by atoms with Gasteiger partial charge in [0.25, 0.3) is 0 Å². The summed E-state index contributed by atoms with van der Waals surface area (Å²) in [5.74, 6) is 0. The molecule has 0 saturated heterocycles. The molecule has 0 aromatic heterocycles. The molecule has 0 radical (unpaired) electrons. The highest BCUT2D eigenvalue weighted by Gasteiger charge is 1.92. The summed E-state index contributed by atoms with van der Waals surface area (Å²) < 4.78 is 0. The van der Waals surface area contributed by atoms with E-state index in [1.54, 1.807) is 0 Å². The molecule has 1 nitrogen and oxygen atoms in total. The Morgan fingerprint density at radius 1 is 0.786 bits per heavy atom. The highest BCUT2D eigenvalue weighted by atomic mass is 16.1. The number of benzene rings is 2. The van der Waals surface area contributed by atoms with Crippen molar-refractivity contribution in [2.45, 2.75) is 13.8 Å². The lowest BCUT2D eigenvalue weighted by atomic mass is 10.1. The smallest absolute Gasteiger partial charge is 0.106 e. The molecule has 2 aromatic rings. The number of hydrogen-bond donors (Lipinski definition) is 0. The highest BCUT2D eigenvalue weighted by Crippen LogP contribution is 2.16. The summed E-state index contributed by atoms with van der Waals surface area (Å²) in [4.78, 5) is 8.00. The molecule has 0 atom stereocenters. The first-order valence-electron chi connectivity index (χ1n) is 4.51. The van der Waals surface area contributed by atoms with Crippen LogP contribution in [0.4, 0.5) is 0 Å². The fourth-order valence-electron chi connectivity index (χ4n) is 1.48. The number of fused-ring (bicyclic) bond motifs is 1. The van der Waals surface area contributed by atoms with Gasteiger partial charge in [-0.15, -0.1) is 0 Å². The van der Waals surface area contributed by atoms with E-state index in [-0.39, 0.29) is 0 Å². The van der Waals surface area contributed by atoms with Gasteiger partial charge >= 0.3 is 0 Å². The summed E-state index contributed by atoms with van der Waals surface area (Å²) >= 11 is 0. The van der Waals surface area contributed by atoms with Crippen molar-refractivity contribution in [3.8, 4) is 0 Å². The molecule has 0 heterocycles. The number of carbonyl (C=O) groups excluding carboxylic acids is 1. The molecule has 2 rings (SSSR count). The molecular weight excluding hydrogens is 172 g/mol. The molecule has 0 saturated carbocycles. The Labute approximate surface area is 84.4 Å². The molecule has 0 aliphatic carbocycles. The van der Waals surface area contributed by atoms with Gasteiger partial charge in [-0.05, 0) is 24.6 Å². The largest absolute Gasteiger partial charge is 0.307 e. The van der Waals surface area contributed by atoms with Crippen LogP contribution in [-0.2, 0) is 4.79 Å². The summed E-state index contributed by atoms with van der Waals surface area (Å²) in [7, 11) is 0. The van der Waals surface area contributed by atoms with Crippen molar-refractivity contribution in [2.75, 3.05) is 0 Å². The number of rotatable bonds is 0. The third kappa shape index (κ3) is 2.19. The van der Waals surface area contributed by atoms with Crippen molar-refractivity contribution < 1.29 is 4.79 Å². The second-order valence-electron chi connectivity index (χ2n) is 3.35. The summed E-state index contributed by atoms with van der Waals surface area (Å²) in [6.45, 7) is 6.25. The van der Waals surface area contributed by atoms with Crippen LogP contribution in [0.1, 0.15) is 11.1 Å². The number of aryl methyl sites for hydroxylation is 2. The average molecular weight is 186 g/mol. The molecular formula is C13H14O. The van der Waals surface area contributed by atoms with Gasteiger partial charge in [-0.25, -0.2) is 0 Å². The van der Waals surface area contributed by atoms with Crippen LogP contribution in [0.2, 0.25) is 0 Å². The lowest BCUT2D eigenvalue weighted by Crippen LogP contribution is -1.76. The van der Waals surface area contributed by atoms with Crippen LogP contribution in [0.3, 0.4) is 0 Å². The average Bonchev–Trinajstić information content (AvgIpc) is 2.21. The summed E-state index contributed by atoms with van der Waals surface area (Å²) in [6, 6.07) is 13.1. The third-order valence-electron chi connectivity index (χ3n) is 2.15. The van der Waals surface area contributed by atoms with Crippen LogP contribution in [0.25, 0.3) is 10.8 Å². The molecule has 14 heavy (non-hydrogen) atoms. The summed E-state index contributed by atoms with van der Waals surface area (Å²) in [5, 5.41) is 2.67. The Kier molecular flexibility index (Phi) is 3.41. The predicted octanol–water partition coefficient (Wildman–Crippen LogP) is 3.27. The minimum absolute atomic E-state index is 1.33. The molecule has 0 bridgehead atoms. The number of hydrogen-bond acceptors (Lipinski definition) is 1. The van der Waals surface area contributed by atoms with Crippen molar-refractivity contribution >= 4 is 17.6 Å². The van der Waals surface area contributed by atoms with Crippen molar-refractivity contribution in [1.82, 2.24) is 0 Å². The van der Waals surface area contributed by atoms with Crippen LogP contribution in [0, 0.1) is 13.8 Å². The maximum Gasteiger partial charge on any atom is 0.106 e. The fraction of sp³-hybridized carbons (Fsp3) is 0.154. The Morgan fingerprint density at radius 2 is 1.14 bits per heavy atom. The van der Waals surface area contributed by atoms with Crippen LogP contribution in [0.5, 0.6) is 0 Å². The minimum Gasteiger partial charge on any atom is -0.307 e. The summed E-state index contributed by atoms with van der Waals surface area (Å²) in [6.07, 6.45) is 0. The van der Waals surface area contributed by atoms with Crippen LogP contribution in [0.15, 0.2) is 36.4 Å². The van der Waals surface area contributed by atoms with Crippen molar-refractivity contribution in [3.63, 3.8) is 0 Å². The van der Waals surface area contributed by atoms with E-state index in [2.05, 4.69) is 50.2 Å². The van der Waals surface area contributed by atoms with Crippen molar-refractivity contribution in [1.29, 1.82) is 0 Å². The van der Waals surface area contributed by atoms with E-state index in [1.807, 2.05) is 6.79 Å². The molecule has 0 N–H and O–H groups in total. The zero-order chi connectivity index (χ0) is 10.6. The van der Waals surface area contributed by atoms with Gasteiger partial charge in [-0.1, -0.05) is 47.5 Å². The van der Waals surface area contributed by atoms with E-state index in [4.69, 9.17) is 4.79 Å². The van der Waals surface area contributed by atoms with Crippen molar-refractivity contribution in [2.24, 2.45) is 0 Å². The quantitative estimate of drug-likeness (QED) is 0.617. The van der Waals surface area contributed by atoms with Gasteiger partial charge in [0.15, 0.2) is 0 Å². The van der Waals surface area contributed by atoms with Crippen molar-refractivity contribution in [3.05, 3.63) is 47.5 Å². The maximum atomic E-state index is 8.00. The first kappa shape index (κ1) is 10.5. The van der Waals surface area contributed by atoms with E-state index in [0.717, 1.165) is 0 Å². The monoisotopic (exact) mass is 186 g/mol. The lowest BCUT2D eigenvalue weighted by Gasteiger charge is -1.99. The third-order valence-corrected chi connectivity index (χ3v) is 2.15. The van der Waals surface area contributed by atoms with Crippen LogP contribution in [-0.4, -0.2) is 6.79 Å². The second kappa shape index (κ2) is 4.56. The van der Waals surface area contributed by atoms with Gasteiger partial charge in [-0.2, -0.15) is 0 Å². The minimum atomic E-state index is 1.33. The Bertz CT molecular complexity index is 391. The van der Waals surface area contributed by atoms with Gasteiger partial charge in [0.2, 0.25) is 0 Å². The lowest BCUT2D eigenvalue weighted by molar-refractivity contribution is -0.0979. The molecule has 0 unspecified atom stereocenters. The molecule has 0 aliphatic heterocycles. The molecule has 0 fully saturated rings.